The molecule has 0 saturated heterocycles. The number of hydrogen-bond acceptors (Lipinski definition) is 5. The van der Waals surface area contributed by atoms with Crippen molar-refractivity contribution >= 4 is 11.7 Å². The molecule has 0 aromatic carbocycles. The first-order valence-corrected chi connectivity index (χ1v) is 7.00. The summed E-state index contributed by atoms with van der Waals surface area (Å²) in [5.41, 5.74) is -0.274. The molecule has 1 aromatic heterocycles. The number of aliphatic hydroxyl groups excluding tert-OH is 1. The molecule has 118 valence electrons. The molecule has 0 atom stereocenters. The fourth-order valence-corrected chi connectivity index (χ4v) is 1.95. The van der Waals surface area contributed by atoms with Gasteiger partial charge < -0.3 is 25.1 Å². The van der Waals surface area contributed by atoms with E-state index in [9.17, 15) is 20.0 Å². The third-order valence-electron chi connectivity index (χ3n) is 3.90. The maximum Gasteiger partial charge on any atom is 0.381 e. The maximum absolute atomic E-state index is 11.8. The van der Waals surface area contributed by atoms with Crippen molar-refractivity contribution in [2.24, 2.45) is 5.41 Å². The standard InChI is InChI=1S/C13H22N4O4/c1-3-13(4-2,9-18)8-14-12(19)5-6-16-7-11(15-10-16)17(20)21/h7,10,18H,3-6,8-9H2,1-2H3,(H,14,19). The van der Waals surface area contributed by atoms with Crippen LogP contribution in [0.3, 0.4) is 0 Å². The lowest BCUT2D eigenvalue weighted by Crippen LogP contribution is -2.39. The number of aliphatic hydroxyl groups is 1. The Morgan fingerprint density at radius 2 is 2.19 bits per heavy atom. The van der Waals surface area contributed by atoms with E-state index in [-0.39, 0.29) is 30.2 Å². The number of carbonyl (C=O) groups is 1. The van der Waals surface area contributed by atoms with Crippen molar-refractivity contribution in [2.45, 2.75) is 39.7 Å². The SMILES string of the molecule is CCC(CC)(CO)CNC(=O)CCn1cnc([N+](=O)[O-])c1. The lowest BCUT2D eigenvalue weighted by Gasteiger charge is -2.29. The summed E-state index contributed by atoms with van der Waals surface area (Å²) >= 11 is 0. The lowest BCUT2D eigenvalue weighted by molar-refractivity contribution is -0.389. The Balaban J connectivity index is 2.41. The van der Waals surface area contributed by atoms with Crippen LogP contribution < -0.4 is 5.32 Å². The number of rotatable bonds is 9. The van der Waals surface area contributed by atoms with Crippen molar-refractivity contribution in [3.8, 4) is 0 Å². The molecule has 1 heterocycles. The number of aromatic nitrogens is 2. The van der Waals surface area contributed by atoms with Gasteiger partial charge >= 0.3 is 5.82 Å². The van der Waals surface area contributed by atoms with Gasteiger partial charge in [-0.3, -0.25) is 4.79 Å². The quantitative estimate of drug-likeness (QED) is 0.524. The number of nitro groups is 1. The summed E-state index contributed by atoms with van der Waals surface area (Å²) in [6.07, 6.45) is 4.41. The molecule has 2 N–H and O–H groups in total. The largest absolute Gasteiger partial charge is 0.396 e. The molecule has 0 aliphatic carbocycles. The first kappa shape index (κ1) is 17.1. The second kappa shape index (κ2) is 7.72. The second-order valence-electron chi connectivity index (χ2n) is 5.12. The molecule has 0 fully saturated rings. The summed E-state index contributed by atoms with van der Waals surface area (Å²) in [6, 6.07) is 0. The molecule has 0 spiro atoms. The average molecular weight is 298 g/mol. The van der Waals surface area contributed by atoms with Crippen molar-refractivity contribution in [3.63, 3.8) is 0 Å². The van der Waals surface area contributed by atoms with Crippen LogP contribution in [0.5, 0.6) is 0 Å². The monoisotopic (exact) mass is 298 g/mol. The van der Waals surface area contributed by atoms with Gasteiger partial charge in [0.2, 0.25) is 12.2 Å². The molecule has 0 radical (unpaired) electrons. The van der Waals surface area contributed by atoms with Crippen molar-refractivity contribution in [1.29, 1.82) is 0 Å². The van der Waals surface area contributed by atoms with Gasteiger partial charge in [-0.15, -0.1) is 0 Å². The summed E-state index contributed by atoms with van der Waals surface area (Å²) in [5, 5.41) is 22.7. The van der Waals surface area contributed by atoms with Gasteiger partial charge in [-0.05, 0) is 22.7 Å². The zero-order valence-electron chi connectivity index (χ0n) is 12.4. The van der Waals surface area contributed by atoms with Gasteiger partial charge in [-0.25, -0.2) is 0 Å². The zero-order chi connectivity index (χ0) is 15.9. The summed E-state index contributed by atoms with van der Waals surface area (Å²) in [6.45, 7) is 4.76. The summed E-state index contributed by atoms with van der Waals surface area (Å²) in [7, 11) is 0. The van der Waals surface area contributed by atoms with Gasteiger partial charge in [0.25, 0.3) is 0 Å². The summed E-state index contributed by atoms with van der Waals surface area (Å²) in [4.78, 5) is 25.3. The van der Waals surface area contributed by atoms with E-state index in [4.69, 9.17) is 0 Å². The Labute approximate surface area is 123 Å². The highest BCUT2D eigenvalue weighted by atomic mass is 16.6. The molecule has 0 aliphatic heterocycles. The molecule has 0 aliphatic rings. The van der Waals surface area contributed by atoms with E-state index in [2.05, 4.69) is 10.3 Å². The Hall–Kier alpha value is -1.96. The van der Waals surface area contributed by atoms with E-state index >= 15 is 0 Å². The van der Waals surface area contributed by atoms with E-state index < -0.39 is 4.92 Å². The van der Waals surface area contributed by atoms with E-state index in [1.807, 2.05) is 13.8 Å². The number of amides is 1. The minimum Gasteiger partial charge on any atom is -0.396 e. The molecule has 0 unspecified atom stereocenters. The highest BCUT2D eigenvalue weighted by molar-refractivity contribution is 5.75. The first-order valence-electron chi connectivity index (χ1n) is 7.00. The van der Waals surface area contributed by atoms with Crippen LogP contribution in [-0.4, -0.2) is 38.6 Å². The number of aryl methyl sites for hydroxylation is 1. The Morgan fingerprint density at radius 3 is 2.67 bits per heavy atom. The smallest absolute Gasteiger partial charge is 0.381 e. The molecule has 8 nitrogen and oxygen atoms in total. The summed E-state index contributed by atoms with van der Waals surface area (Å²) in [5.74, 6) is -0.377. The van der Waals surface area contributed by atoms with Crippen molar-refractivity contribution in [1.82, 2.24) is 14.9 Å². The van der Waals surface area contributed by atoms with Crippen LogP contribution in [0.25, 0.3) is 0 Å². The van der Waals surface area contributed by atoms with Gasteiger partial charge in [0, 0.05) is 24.9 Å². The average Bonchev–Trinajstić information content (AvgIpc) is 2.96. The molecule has 0 saturated carbocycles. The predicted molar refractivity (Wildman–Crippen MR) is 76.6 cm³/mol. The highest BCUT2D eigenvalue weighted by Crippen LogP contribution is 2.24. The minimum atomic E-state index is -0.575. The molecule has 21 heavy (non-hydrogen) atoms. The van der Waals surface area contributed by atoms with Crippen LogP contribution in [0.1, 0.15) is 33.1 Å². The van der Waals surface area contributed by atoms with Gasteiger partial charge in [0.15, 0.2) is 0 Å². The number of imidazole rings is 1. The zero-order valence-corrected chi connectivity index (χ0v) is 12.4. The van der Waals surface area contributed by atoms with Crippen LogP contribution in [0.2, 0.25) is 0 Å². The van der Waals surface area contributed by atoms with Gasteiger partial charge in [0.05, 0.1) is 6.61 Å². The third-order valence-corrected chi connectivity index (χ3v) is 3.90. The number of nitrogens with one attached hydrogen (secondary N) is 1. The predicted octanol–water partition coefficient (Wildman–Crippen LogP) is 1.10. The van der Waals surface area contributed by atoms with Crippen LogP contribution in [0.15, 0.2) is 12.5 Å². The molecule has 0 bridgehead atoms. The van der Waals surface area contributed by atoms with Crippen molar-refractivity contribution in [3.05, 3.63) is 22.6 Å². The van der Waals surface area contributed by atoms with Crippen molar-refractivity contribution < 1.29 is 14.8 Å². The van der Waals surface area contributed by atoms with E-state index in [0.717, 1.165) is 12.8 Å². The lowest BCUT2D eigenvalue weighted by atomic mass is 9.83. The van der Waals surface area contributed by atoms with Gasteiger partial charge in [-0.2, -0.15) is 0 Å². The Bertz CT molecular complexity index is 474. The highest BCUT2D eigenvalue weighted by Gasteiger charge is 2.25. The van der Waals surface area contributed by atoms with Gasteiger partial charge in [0.1, 0.15) is 6.20 Å². The molecule has 1 amide bonds. The molecule has 8 heteroatoms. The second-order valence-corrected chi connectivity index (χ2v) is 5.12. The molecular weight excluding hydrogens is 276 g/mol. The Kier molecular flexibility index (Phi) is 6.29. The number of hydrogen-bond donors (Lipinski definition) is 2. The minimum absolute atomic E-state index is 0.0357. The maximum atomic E-state index is 11.8. The van der Waals surface area contributed by atoms with E-state index in [1.54, 1.807) is 0 Å². The number of nitrogens with zero attached hydrogens (tertiary/aromatic N) is 3. The fraction of sp³-hybridized carbons (Fsp3) is 0.692. The number of carbonyl (C=O) groups excluding carboxylic acids is 1. The van der Waals surface area contributed by atoms with E-state index in [0.29, 0.717) is 13.1 Å². The van der Waals surface area contributed by atoms with Gasteiger partial charge in [-0.1, -0.05) is 13.8 Å². The van der Waals surface area contributed by atoms with Crippen LogP contribution in [0, 0.1) is 15.5 Å². The van der Waals surface area contributed by atoms with Crippen LogP contribution in [-0.2, 0) is 11.3 Å². The van der Waals surface area contributed by atoms with Crippen LogP contribution in [0.4, 0.5) is 5.82 Å². The molecule has 1 rings (SSSR count). The normalized spacial score (nSPS) is 11.4. The Morgan fingerprint density at radius 1 is 1.52 bits per heavy atom. The van der Waals surface area contributed by atoms with Crippen LogP contribution >= 0.6 is 0 Å². The topological polar surface area (TPSA) is 110 Å². The van der Waals surface area contributed by atoms with E-state index in [1.165, 1.54) is 17.1 Å². The summed E-state index contributed by atoms with van der Waals surface area (Å²) < 4.78 is 1.51. The third kappa shape index (κ3) is 4.82. The van der Waals surface area contributed by atoms with Crippen molar-refractivity contribution in [2.75, 3.05) is 13.2 Å². The molecular formula is C13H22N4O4. The molecule has 1 aromatic rings. The fourth-order valence-electron chi connectivity index (χ4n) is 1.95. The first-order chi connectivity index (χ1) is 9.96.